The van der Waals surface area contributed by atoms with Gasteiger partial charge in [-0.25, -0.2) is 4.79 Å². The molecule has 8 heteroatoms. The van der Waals surface area contributed by atoms with Gasteiger partial charge in [-0.3, -0.25) is 4.99 Å². The van der Waals surface area contributed by atoms with Crippen molar-refractivity contribution in [2.75, 3.05) is 46.9 Å². The predicted octanol–water partition coefficient (Wildman–Crippen LogP) is 3.57. The highest BCUT2D eigenvalue weighted by molar-refractivity contribution is 14.0. The van der Waals surface area contributed by atoms with Crippen molar-refractivity contribution in [3.63, 3.8) is 0 Å². The van der Waals surface area contributed by atoms with Crippen LogP contribution in [-0.4, -0.2) is 79.9 Å². The number of methoxy groups -OCH3 is 1. The number of aliphatic imine (C=N–C) groups is 1. The molecule has 0 aromatic rings. The summed E-state index contributed by atoms with van der Waals surface area (Å²) in [5.74, 6) is 1.40. The van der Waals surface area contributed by atoms with Crippen LogP contribution in [0.3, 0.4) is 0 Å². The average molecular weight is 512 g/mol. The highest BCUT2D eigenvalue weighted by atomic mass is 127. The third-order valence-corrected chi connectivity index (χ3v) is 4.86. The van der Waals surface area contributed by atoms with Crippen LogP contribution in [0, 0.1) is 5.92 Å². The topological polar surface area (TPSA) is 66.4 Å². The van der Waals surface area contributed by atoms with Gasteiger partial charge in [0.05, 0.1) is 5.60 Å². The number of guanidine groups is 1. The van der Waals surface area contributed by atoms with Gasteiger partial charge in [-0.05, 0) is 60.3 Å². The maximum Gasteiger partial charge on any atom is 0.410 e. The molecule has 0 aliphatic carbocycles. The first-order valence-electron chi connectivity index (χ1n) is 10.00. The number of carbonyl (C=O) groups is 1. The maximum absolute atomic E-state index is 12.3. The molecule has 1 N–H and O–H groups in total. The smallest absolute Gasteiger partial charge is 0.410 e. The summed E-state index contributed by atoms with van der Waals surface area (Å²) in [5.41, 5.74) is -0.689. The van der Waals surface area contributed by atoms with Crippen LogP contribution in [0.15, 0.2) is 4.99 Å². The van der Waals surface area contributed by atoms with Crippen molar-refractivity contribution in [1.29, 1.82) is 0 Å². The highest BCUT2D eigenvalue weighted by Gasteiger charge is 2.27. The minimum atomic E-state index is -0.456. The fraction of sp³-hybridized carbons (Fsp3) is 0.900. The first-order valence-corrected chi connectivity index (χ1v) is 10.00. The average Bonchev–Trinajstić information content (AvgIpc) is 2.59. The van der Waals surface area contributed by atoms with Crippen LogP contribution in [-0.2, 0) is 9.47 Å². The number of nitrogens with one attached hydrogen (secondary N) is 1. The molecule has 0 saturated carbocycles. The zero-order valence-electron chi connectivity index (χ0n) is 19.0. The lowest BCUT2D eigenvalue weighted by molar-refractivity contribution is 0.0212. The molecule has 28 heavy (non-hydrogen) atoms. The number of halogens is 1. The van der Waals surface area contributed by atoms with Gasteiger partial charge in [-0.2, -0.15) is 0 Å². The van der Waals surface area contributed by atoms with Crippen LogP contribution < -0.4 is 5.32 Å². The van der Waals surface area contributed by atoms with Crippen LogP contribution in [0.1, 0.15) is 54.4 Å². The summed E-state index contributed by atoms with van der Waals surface area (Å²) in [5, 5.41) is 3.41. The van der Waals surface area contributed by atoms with Gasteiger partial charge in [0.2, 0.25) is 0 Å². The van der Waals surface area contributed by atoms with E-state index >= 15 is 0 Å². The standard InChI is InChI=1S/C20H40N4O3.HI/c1-9-23(18(25)27-19(2,3)4)14-16-10-12-24(13-11-16)17(21-7)22-15-20(5,6)26-8;/h16H,9-15H2,1-8H3,(H,21,22);1H. The molecule has 0 aromatic carbocycles. The van der Waals surface area contributed by atoms with E-state index in [1.54, 1.807) is 7.11 Å². The first kappa shape index (κ1) is 27.2. The summed E-state index contributed by atoms with van der Waals surface area (Å²) in [7, 11) is 3.54. The number of carbonyl (C=O) groups excluding carboxylic acids is 1. The maximum atomic E-state index is 12.3. The van der Waals surface area contributed by atoms with Crippen molar-refractivity contribution in [2.45, 2.75) is 65.6 Å². The van der Waals surface area contributed by atoms with E-state index in [4.69, 9.17) is 9.47 Å². The Labute approximate surface area is 188 Å². The van der Waals surface area contributed by atoms with E-state index in [1.165, 1.54) is 0 Å². The Balaban J connectivity index is 0.00000729. The number of hydrogen-bond acceptors (Lipinski definition) is 4. The van der Waals surface area contributed by atoms with Crippen molar-refractivity contribution in [3.05, 3.63) is 0 Å². The lowest BCUT2D eigenvalue weighted by Crippen LogP contribution is -2.50. The Morgan fingerprint density at radius 1 is 1.21 bits per heavy atom. The van der Waals surface area contributed by atoms with Gasteiger partial charge in [-0.15, -0.1) is 24.0 Å². The van der Waals surface area contributed by atoms with E-state index in [9.17, 15) is 4.79 Å². The molecule has 7 nitrogen and oxygen atoms in total. The number of nitrogens with zero attached hydrogens (tertiary/aromatic N) is 3. The first-order chi connectivity index (χ1) is 12.5. The second-order valence-corrected chi connectivity index (χ2v) is 8.81. The molecule has 0 aromatic heterocycles. The summed E-state index contributed by atoms with van der Waals surface area (Å²) < 4.78 is 11.0. The van der Waals surface area contributed by atoms with Gasteiger partial charge >= 0.3 is 6.09 Å². The van der Waals surface area contributed by atoms with E-state index < -0.39 is 5.60 Å². The molecular weight excluding hydrogens is 471 g/mol. The minimum Gasteiger partial charge on any atom is -0.444 e. The van der Waals surface area contributed by atoms with Crippen molar-refractivity contribution < 1.29 is 14.3 Å². The number of amides is 1. The van der Waals surface area contributed by atoms with Crippen LogP contribution >= 0.6 is 24.0 Å². The number of ether oxygens (including phenoxy) is 2. The minimum absolute atomic E-state index is 0. The lowest BCUT2D eigenvalue weighted by atomic mass is 9.96. The van der Waals surface area contributed by atoms with Gasteiger partial charge < -0.3 is 24.6 Å². The van der Waals surface area contributed by atoms with Crippen molar-refractivity contribution in [3.8, 4) is 0 Å². The van der Waals surface area contributed by atoms with E-state index in [-0.39, 0.29) is 35.7 Å². The summed E-state index contributed by atoms with van der Waals surface area (Å²) in [6.07, 6.45) is 1.85. The molecule has 0 atom stereocenters. The fourth-order valence-corrected chi connectivity index (χ4v) is 2.99. The van der Waals surface area contributed by atoms with Gasteiger partial charge in [0.15, 0.2) is 5.96 Å². The Bertz CT molecular complexity index is 498. The van der Waals surface area contributed by atoms with E-state index in [1.807, 2.05) is 39.6 Å². The van der Waals surface area contributed by atoms with Gasteiger partial charge in [0, 0.05) is 46.9 Å². The predicted molar refractivity (Wildman–Crippen MR) is 126 cm³/mol. The zero-order chi connectivity index (χ0) is 20.7. The van der Waals surface area contributed by atoms with Crippen molar-refractivity contribution >= 4 is 36.0 Å². The Morgan fingerprint density at radius 3 is 2.21 bits per heavy atom. The largest absolute Gasteiger partial charge is 0.444 e. The molecule has 1 rings (SSSR count). The fourth-order valence-electron chi connectivity index (χ4n) is 2.99. The van der Waals surface area contributed by atoms with Gasteiger partial charge in [0.1, 0.15) is 5.60 Å². The van der Waals surface area contributed by atoms with Crippen LogP contribution in [0.2, 0.25) is 0 Å². The Kier molecular flexibility index (Phi) is 11.7. The van der Waals surface area contributed by atoms with Crippen LogP contribution in [0.4, 0.5) is 4.79 Å². The molecular formula is C20H41IN4O3. The van der Waals surface area contributed by atoms with E-state index in [0.29, 0.717) is 19.0 Å². The summed E-state index contributed by atoms with van der Waals surface area (Å²) >= 11 is 0. The SMILES string of the molecule is CCN(CC1CCN(C(=NC)NCC(C)(C)OC)CC1)C(=O)OC(C)(C)C.I. The Morgan fingerprint density at radius 2 is 1.79 bits per heavy atom. The van der Waals surface area contributed by atoms with Crippen LogP contribution in [0.25, 0.3) is 0 Å². The molecule has 1 aliphatic heterocycles. The molecule has 0 radical (unpaired) electrons. The normalized spacial score (nSPS) is 16.4. The molecule has 1 heterocycles. The second kappa shape index (κ2) is 12.0. The molecule has 1 amide bonds. The molecule has 0 unspecified atom stereocenters. The number of likely N-dealkylation sites (tertiary alicyclic amines) is 1. The van der Waals surface area contributed by atoms with Crippen molar-refractivity contribution in [2.24, 2.45) is 10.9 Å². The molecule has 0 bridgehead atoms. The van der Waals surface area contributed by atoms with Crippen LogP contribution in [0.5, 0.6) is 0 Å². The third-order valence-electron chi connectivity index (χ3n) is 4.86. The third kappa shape index (κ3) is 9.62. The molecule has 1 fully saturated rings. The van der Waals surface area contributed by atoms with E-state index in [0.717, 1.165) is 38.4 Å². The number of piperidine rings is 1. The number of rotatable bonds is 6. The molecule has 1 aliphatic rings. The van der Waals surface area contributed by atoms with Crippen molar-refractivity contribution in [1.82, 2.24) is 15.1 Å². The lowest BCUT2D eigenvalue weighted by Gasteiger charge is -2.37. The molecule has 166 valence electrons. The summed E-state index contributed by atoms with van der Waals surface area (Å²) in [4.78, 5) is 20.9. The highest BCUT2D eigenvalue weighted by Crippen LogP contribution is 2.20. The zero-order valence-corrected chi connectivity index (χ0v) is 21.3. The Hall–Kier alpha value is -0.770. The quantitative estimate of drug-likeness (QED) is 0.335. The summed E-state index contributed by atoms with van der Waals surface area (Å²) in [6.45, 7) is 15.8. The van der Waals surface area contributed by atoms with Gasteiger partial charge in [0.25, 0.3) is 0 Å². The van der Waals surface area contributed by atoms with Gasteiger partial charge in [-0.1, -0.05) is 0 Å². The number of hydrogen-bond donors (Lipinski definition) is 1. The van der Waals surface area contributed by atoms with E-state index in [2.05, 4.69) is 29.1 Å². The molecule has 0 spiro atoms. The monoisotopic (exact) mass is 512 g/mol. The molecule has 1 saturated heterocycles. The summed E-state index contributed by atoms with van der Waals surface area (Å²) in [6, 6.07) is 0. The second-order valence-electron chi connectivity index (χ2n) is 8.81.